The molecular formula is C10H18N4. The molecule has 14 heavy (non-hydrogen) atoms. The molecule has 0 atom stereocenters. The molecule has 1 aromatic heterocycles. The highest BCUT2D eigenvalue weighted by Gasteiger charge is 2.04. The van der Waals surface area contributed by atoms with E-state index in [9.17, 15) is 0 Å². The SMILES string of the molecule is CNc1ccnc(CCN(C)C)c1N. The lowest BCUT2D eigenvalue weighted by molar-refractivity contribution is 0.412. The molecular weight excluding hydrogens is 176 g/mol. The summed E-state index contributed by atoms with van der Waals surface area (Å²) in [6.07, 6.45) is 2.67. The van der Waals surface area contributed by atoms with Gasteiger partial charge in [-0.2, -0.15) is 0 Å². The van der Waals surface area contributed by atoms with E-state index in [0.29, 0.717) is 0 Å². The van der Waals surface area contributed by atoms with E-state index in [0.717, 1.165) is 30.0 Å². The third kappa shape index (κ3) is 2.60. The van der Waals surface area contributed by atoms with Crippen LogP contribution < -0.4 is 11.1 Å². The first-order valence-corrected chi connectivity index (χ1v) is 4.71. The minimum atomic E-state index is 0.761. The largest absolute Gasteiger partial charge is 0.396 e. The summed E-state index contributed by atoms with van der Waals surface area (Å²) in [5.74, 6) is 0. The maximum Gasteiger partial charge on any atom is 0.0769 e. The smallest absolute Gasteiger partial charge is 0.0769 e. The molecule has 4 nitrogen and oxygen atoms in total. The standard InChI is InChI=1S/C10H18N4/c1-12-8-4-6-13-9(10(8)11)5-7-14(2)3/h4,6H,5,7,11H2,1-3H3,(H,12,13). The summed E-state index contributed by atoms with van der Waals surface area (Å²) in [4.78, 5) is 6.39. The van der Waals surface area contributed by atoms with Crippen molar-refractivity contribution in [2.24, 2.45) is 0 Å². The molecule has 0 aliphatic heterocycles. The maximum absolute atomic E-state index is 5.94. The molecule has 0 bridgehead atoms. The van der Waals surface area contributed by atoms with Crippen LogP contribution in [0.15, 0.2) is 12.3 Å². The number of nitrogens with zero attached hydrogens (tertiary/aromatic N) is 2. The first kappa shape index (κ1) is 10.8. The van der Waals surface area contributed by atoms with Crippen LogP contribution in [0.5, 0.6) is 0 Å². The number of hydrogen-bond donors (Lipinski definition) is 2. The van der Waals surface area contributed by atoms with Gasteiger partial charge >= 0.3 is 0 Å². The van der Waals surface area contributed by atoms with E-state index in [-0.39, 0.29) is 0 Å². The van der Waals surface area contributed by atoms with Gasteiger partial charge in [0.25, 0.3) is 0 Å². The number of nitrogen functional groups attached to an aromatic ring is 1. The van der Waals surface area contributed by atoms with Crippen LogP contribution in [0.3, 0.4) is 0 Å². The number of nitrogens with two attached hydrogens (primary N) is 1. The van der Waals surface area contributed by atoms with Crippen LogP contribution in [0.2, 0.25) is 0 Å². The number of pyridine rings is 1. The first-order chi connectivity index (χ1) is 6.65. The van der Waals surface area contributed by atoms with Gasteiger partial charge in [0.15, 0.2) is 0 Å². The average molecular weight is 194 g/mol. The number of aromatic nitrogens is 1. The van der Waals surface area contributed by atoms with Crippen LogP contribution in [-0.4, -0.2) is 37.6 Å². The van der Waals surface area contributed by atoms with Gasteiger partial charge in [-0.25, -0.2) is 0 Å². The lowest BCUT2D eigenvalue weighted by Crippen LogP contribution is -2.16. The molecule has 3 N–H and O–H groups in total. The van der Waals surface area contributed by atoms with Crippen molar-refractivity contribution < 1.29 is 0 Å². The summed E-state index contributed by atoms with van der Waals surface area (Å²) in [6.45, 7) is 0.963. The minimum absolute atomic E-state index is 0.761. The monoisotopic (exact) mass is 194 g/mol. The van der Waals surface area contributed by atoms with Crippen molar-refractivity contribution >= 4 is 11.4 Å². The molecule has 1 heterocycles. The Kier molecular flexibility index (Phi) is 3.71. The highest BCUT2D eigenvalue weighted by Crippen LogP contribution is 2.20. The number of rotatable bonds is 4. The van der Waals surface area contributed by atoms with Gasteiger partial charge in [-0.1, -0.05) is 0 Å². The number of likely N-dealkylation sites (N-methyl/N-ethyl adjacent to an activating group) is 1. The Hall–Kier alpha value is -1.29. The Balaban J connectivity index is 2.76. The van der Waals surface area contributed by atoms with Gasteiger partial charge < -0.3 is 16.0 Å². The topological polar surface area (TPSA) is 54.2 Å². The van der Waals surface area contributed by atoms with E-state index in [2.05, 4.69) is 15.2 Å². The Morgan fingerprint density at radius 2 is 2.21 bits per heavy atom. The van der Waals surface area contributed by atoms with Crippen molar-refractivity contribution in [3.8, 4) is 0 Å². The van der Waals surface area contributed by atoms with E-state index < -0.39 is 0 Å². The summed E-state index contributed by atoms with van der Waals surface area (Å²) >= 11 is 0. The van der Waals surface area contributed by atoms with Gasteiger partial charge in [-0.15, -0.1) is 0 Å². The van der Waals surface area contributed by atoms with Crippen LogP contribution in [0.4, 0.5) is 11.4 Å². The fraction of sp³-hybridized carbons (Fsp3) is 0.500. The van der Waals surface area contributed by atoms with Gasteiger partial charge in [-0.3, -0.25) is 4.98 Å². The minimum Gasteiger partial charge on any atom is -0.396 e. The molecule has 1 rings (SSSR count). The molecule has 0 saturated heterocycles. The molecule has 78 valence electrons. The van der Waals surface area contributed by atoms with E-state index in [1.54, 1.807) is 6.20 Å². The highest BCUT2D eigenvalue weighted by atomic mass is 15.0. The molecule has 0 radical (unpaired) electrons. The zero-order valence-electron chi connectivity index (χ0n) is 9.04. The first-order valence-electron chi connectivity index (χ1n) is 4.71. The van der Waals surface area contributed by atoms with Crippen molar-refractivity contribution in [2.75, 3.05) is 38.7 Å². The molecule has 0 fully saturated rings. The van der Waals surface area contributed by atoms with Gasteiger partial charge in [0.1, 0.15) is 0 Å². The van der Waals surface area contributed by atoms with E-state index in [4.69, 9.17) is 5.73 Å². The number of nitrogens with one attached hydrogen (secondary N) is 1. The quantitative estimate of drug-likeness (QED) is 0.744. The highest BCUT2D eigenvalue weighted by molar-refractivity contribution is 5.67. The molecule has 1 aromatic rings. The maximum atomic E-state index is 5.94. The normalized spacial score (nSPS) is 10.6. The van der Waals surface area contributed by atoms with E-state index >= 15 is 0 Å². The van der Waals surface area contributed by atoms with E-state index in [1.807, 2.05) is 27.2 Å². The van der Waals surface area contributed by atoms with Gasteiger partial charge in [-0.05, 0) is 20.2 Å². The summed E-state index contributed by atoms with van der Waals surface area (Å²) in [7, 11) is 5.94. The fourth-order valence-corrected chi connectivity index (χ4v) is 1.26. The van der Waals surface area contributed by atoms with Crippen LogP contribution in [0.1, 0.15) is 5.69 Å². The fourth-order valence-electron chi connectivity index (χ4n) is 1.26. The molecule has 0 saturated carbocycles. The number of hydrogen-bond acceptors (Lipinski definition) is 4. The van der Waals surface area contributed by atoms with Crippen molar-refractivity contribution in [1.82, 2.24) is 9.88 Å². The second-order valence-corrected chi connectivity index (χ2v) is 3.52. The van der Waals surface area contributed by atoms with E-state index in [1.165, 1.54) is 0 Å². The molecule has 0 aliphatic carbocycles. The average Bonchev–Trinajstić information content (AvgIpc) is 2.16. The predicted octanol–water partition coefficient (Wildman–Crippen LogP) is 0.810. The third-order valence-electron chi connectivity index (χ3n) is 2.14. The van der Waals surface area contributed by atoms with Crippen molar-refractivity contribution in [3.63, 3.8) is 0 Å². The molecule has 0 spiro atoms. The molecule has 0 aromatic carbocycles. The van der Waals surface area contributed by atoms with Gasteiger partial charge in [0.05, 0.1) is 17.1 Å². The summed E-state index contributed by atoms with van der Waals surface area (Å²) in [5.41, 5.74) is 8.61. The van der Waals surface area contributed by atoms with Crippen LogP contribution in [0, 0.1) is 0 Å². The van der Waals surface area contributed by atoms with Gasteiger partial charge in [0.2, 0.25) is 0 Å². The van der Waals surface area contributed by atoms with Crippen molar-refractivity contribution in [1.29, 1.82) is 0 Å². The predicted molar refractivity (Wildman–Crippen MR) is 60.5 cm³/mol. The van der Waals surface area contributed by atoms with Crippen molar-refractivity contribution in [3.05, 3.63) is 18.0 Å². The van der Waals surface area contributed by atoms with Crippen LogP contribution in [-0.2, 0) is 6.42 Å². The zero-order valence-corrected chi connectivity index (χ0v) is 9.04. The Morgan fingerprint density at radius 3 is 2.79 bits per heavy atom. The Bertz CT molecular complexity index is 296. The zero-order chi connectivity index (χ0) is 10.6. The summed E-state index contributed by atoms with van der Waals surface area (Å²) < 4.78 is 0. The lowest BCUT2D eigenvalue weighted by atomic mass is 10.2. The Morgan fingerprint density at radius 1 is 1.50 bits per heavy atom. The van der Waals surface area contributed by atoms with Crippen molar-refractivity contribution in [2.45, 2.75) is 6.42 Å². The van der Waals surface area contributed by atoms with Crippen LogP contribution >= 0.6 is 0 Å². The Labute approximate surface area is 85.1 Å². The third-order valence-corrected chi connectivity index (χ3v) is 2.14. The second kappa shape index (κ2) is 4.81. The summed E-state index contributed by atoms with van der Waals surface area (Å²) in [5, 5.41) is 3.04. The lowest BCUT2D eigenvalue weighted by Gasteiger charge is -2.12. The molecule has 0 amide bonds. The second-order valence-electron chi connectivity index (χ2n) is 3.52. The number of anilines is 2. The molecule has 0 aliphatic rings. The van der Waals surface area contributed by atoms with Crippen LogP contribution in [0.25, 0.3) is 0 Å². The molecule has 4 heteroatoms. The van der Waals surface area contributed by atoms with Gasteiger partial charge in [0, 0.05) is 26.2 Å². The summed E-state index contributed by atoms with van der Waals surface area (Å²) in [6, 6.07) is 1.88. The molecule has 0 unspecified atom stereocenters.